The Morgan fingerprint density at radius 1 is 1.16 bits per heavy atom. The van der Waals surface area contributed by atoms with Crippen LogP contribution in [0.4, 0.5) is 10.1 Å². The minimum atomic E-state index is -0.677. The van der Waals surface area contributed by atoms with Crippen LogP contribution in [0, 0.1) is 12.7 Å². The van der Waals surface area contributed by atoms with E-state index in [4.69, 9.17) is 11.6 Å². The van der Waals surface area contributed by atoms with Gasteiger partial charge in [-0.2, -0.15) is 5.10 Å². The van der Waals surface area contributed by atoms with Crippen molar-refractivity contribution >= 4 is 34.8 Å². The Labute approximate surface area is 149 Å². The van der Waals surface area contributed by atoms with Crippen molar-refractivity contribution in [2.75, 3.05) is 5.32 Å². The Morgan fingerprint density at radius 2 is 1.88 bits per heavy atom. The highest BCUT2D eigenvalue weighted by Crippen LogP contribution is 2.22. The van der Waals surface area contributed by atoms with Crippen molar-refractivity contribution in [3.8, 4) is 0 Å². The summed E-state index contributed by atoms with van der Waals surface area (Å²) in [7, 11) is 0. The number of halogens is 2. The van der Waals surface area contributed by atoms with Gasteiger partial charge >= 0.3 is 0 Å². The monoisotopic (exact) mass is 361 g/mol. The van der Waals surface area contributed by atoms with E-state index < -0.39 is 11.7 Å². The molecule has 0 aliphatic heterocycles. The van der Waals surface area contributed by atoms with Gasteiger partial charge in [0.1, 0.15) is 5.82 Å². The number of rotatable bonds is 5. The zero-order valence-corrected chi connectivity index (χ0v) is 14.5. The van der Waals surface area contributed by atoms with Crippen LogP contribution in [-0.2, 0) is 4.79 Å². The lowest BCUT2D eigenvalue weighted by molar-refractivity contribution is -0.115. The van der Waals surface area contributed by atoms with Crippen LogP contribution < -0.4 is 10.7 Å². The molecule has 2 aromatic carbocycles. The zero-order valence-electron chi connectivity index (χ0n) is 13.8. The van der Waals surface area contributed by atoms with Crippen LogP contribution in [-0.4, -0.2) is 17.5 Å². The third-order valence-electron chi connectivity index (χ3n) is 3.42. The largest absolute Gasteiger partial charge is 0.325 e. The highest BCUT2D eigenvalue weighted by Gasteiger charge is 2.11. The summed E-state index contributed by atoms with van der Waals surface area (Å²) in [5, 5.41) is 7.12. The Morgan fingerprint density at radius 3 is 2.60 bits per heavy atom. The molecule has 0 aliphatic carbocycles. The number of anilines is 1. The molecule has 0 bridgehead atoms. The number of hydrogen-bond acceptors (Lipinski definition) is 3. The third-order valence-corrected chi connectivity index (χ3v) is 3.83. The van der Waals surface area contributed by atoms with E-state index >= 15 is 0 Å². The molecule has 0 heterocycles. The molecule has 130 valence electrons. The Bertz CT molecular complexity index is 837. The molecule has 2 amide bonds. The van der Waals surface area contributed by atoms with Crippen molar-refractivity contribution in [2.45, 2.75) is 20.3 Å². The average molecular weight is 362 g/mol. The first-order chi connectivity index (χ1) is 11.9. The van der Waals surface area contributed by atoms with Crippen LogP contribution in [0.1, 0.15) is 29.3 Å². The molecule has 0 aliphatic rings. The van der Waals surface area contributed by atoms with E-state index in [0.29, 0.717) is 16.4 Å². The molecule has 0 aromatic heterocycles. The van der Waals surface area contributed by atoms with E-state index in [9.17, 15) is 14.0 Å². The second-order valence-electron chi connectivity index (χ2n) is 5.41. The van der Waals surface area contributed by atoms with Crippen LogP contribution in [0.2, 0.25) is 5.02 Å². The van der Waals surface area contributed by atoms with Gasteiger partial charge in [0.15, 0.2) is 0 Å². The molecule has 0 atom stereocenters. The summed E-state index contributed by atoms with van der Waals surface area (Å²) in [6, 6.07) is 10.8. The number of carbonyl (C=O) groups is 2. The predicted molar refractivity (Wildman–Crippen MR) is 96.4 cm³/mol. The smallest absolute Gasteiger partial charge is 0.274 e. The molecule has 0 unspecified atom stereocenters. The van der Waals surface area contributed by atoms with Crippen LogP contribution in [0.25, 0.3) is 0 Å². The molecular weight excluding hydrogens is 345 g/mol. The second-order valence-corrected chi connectivity index (χ2v) is 5.81. The number of benzene rings is 2. The van der Waals surface area contributed by atoms with Crippen LogP contribution in [0.15, 0.2) is 47.6 Å². The molecule has 2 rings (SSSR count). The maximum atomic E-state index is 13.5. The molecule has 2 aromatic rings. The Kier molecular flexibility index (Phi) is 6.25. The topological polar surface area (TPSA) is 70.6 Å². The lowest BCUT2D eigenvalue weighted by Crippen LogP contribution is -2.22. The SMILES string of the molecule is C/C(CC(=O)Nc1cccc(Cl)c1C)=N\NC(=O)c1ccccc1F. The van der Waals surface area contributed by atoms with Crippen molar-refractivity contribution < 1.29 is 14.0 Å². The summed E-state index contributed by atoms with van der Waals surface area (Å²) >= 11 is 6.01. The van der Waals surface area contributed by atoms with Crippen LogP contribution in [0.3, 0.4) is 0 Å². The first kappa shape index (κ1) is 18.6. The van der Waals surface area contributed by atoms with E-state index in [1.54, 1.807) is 38.1 Å². The summed E-state index contributed by atoms with van der Waals surface area (Å²) in [5.74, 6) is -1.61. The molecule has 0 saturated heterocycles. The van der Waals surface area contributed by atoms with Gasteiger partial charge in [0.05, 0.1) is 12.0 Å². The highest BCUT2D eigenvalue weighted by atomic mass is 35.5. The number of nitrogens with one attached hydrogen (secondary N) is 2. The van der Waals surface area contributed by atoms with Gasteiger partial charge in [0.25, 0.3) is 5.91 Å². The fourth-order valence-corrected chi connectivity index (χ4v) is 2.24. The van der Waals surface area contributed by atoms with Gasteiger partial charge in [-0.25, -0.2) is 9.82 Å². The second kappa shape index (κ2) is 8.39. The van der Waals surface area contributed by atoms with Gasteiger partial charge in [-0.15, -0.1) is 0 Å². The predicted octanol–water partition coefficient (Wildman–Crippen LogP) is 3.92. The number of hydrogen-bond donors (Lipinski definition) is 2. The molecular formula is C18H17ClFN3O2. The quantitative estimate of drug-likeness (QED) is 0.626. The van der Waals surface area contributed by atoms with Crippen molar-refractivity contribution in [3.63, 3.8) is 0 Å². The van der Waals surface area contributed by atoms with Crippen molar-refractivity contribution in [2.24, 2.45) is 5.10 Å². The van der Waals surface area contributed by atoms with Crippen molar-refractivity contribution in [1.82, 2.24) is 5.43 Å². The fourth-order valence-electron chi connectivity index (χ4n) is 2.06. The minimum absolute atomic E-state index is 0.0243. The van der Waals surface area contributed by atoms with Crippen molar-refractivity contribution in [3.05, 3.63) is 64.4 Å². The Balaban J connectivity index is 1.94. The van der Waals surface area contributed by atoms with Crippen LogP contribution in [0.5, 0.6) is 0 Å². The van der Waals surface area contributed by atoms with Crippen LogP contribution >= 0.6 is 11.6 Å². The number of nitrogens with zero attached hydrogens (tertiary/aromatic N) is 1. The molecule has 2 N–H and O–H groups in total. The van der Waals surface area contributed by atoms with Gasteiger partial charge < -0.3 is 5.32 Å². The fraction of sp³-hybridized carbons (Fsp3) is 0.167. The van der Waals surface area contributed by atoms with Gasteiger partial charge in [0.2, 0.25) is 5.91 Å². The molecule has 25 heavy (non-hydrogen) atoms. The molecule has 5 nitrogen and oxygen atoms in total. The van der Waals surface area contributed by atoms with E-state index in [1.807, 2.05) is 0 Å². The summed E-state index contributed by atoms with van der Waals surface area (Å²) in [5.41, 5.74) is 3.88. The maximum Gasteiger partial charge on any atom is 0.274 e. The average Bonchev–Trinajstić information content (AvgIpc) is 2.57. The highest BCUT2D eigenvalue weighted by molar-refractivity contribution is 6.31. The molecule has 0 radical (unpaired) electrons. The Hall–Kier alpha value is -2.73. The van der Waals surface area contributed by atoms with Gasteiger partial charge in [-0.1, -0.05) is 29.8 Å². The molecule has 0 saturated carbocycles. The zero-order chi connectivity index (χ0) is 18.4. The van der Waals surface area contributed by atoms with Crippen molar-refractivity contribution in [1.29, 1.82) is 0 Å². The lowest BCUT2D eigenvalue weighted by Gasteiger charge is -2.09. The summed E-state index contributed by atoms with van der Waals surface area (Å²) in [6.45, 7) is 3.39. The van der Waals surface area contributed by atoms with E-state index in [-0.39, 0.29) is 17.9 Å². The lowest BCUT2D eigenvalue weighted by atomic mass is 10.2. The molecule has 0 spiro atoms. The van der Waals surface area contributed by atoms with Gasteiger partial charge in [-0.05, 0) is 43.7 Å². The summed E-state index contributed by atoms with van der Waals surface area (Å²) < 4.78 is 13.5. The minimum Gasteiger partial charge on any atom is -0.325 e. The van der Waals surface area contributed by atoms with E-state index in [1.165, 1.54) is 18.2 Å². The third kappa shape index (κ3) is 5.12. The maximum absolute atomic E-state index is 13.5. The standard InChI is InChI=1S/C18H17ClFN3O2/c1-11(22-23-18(25)13-6-3-4-8-15(13)20)10-17(24)21-16-9-5-7-14(19)12(16)2/h3-9H,10H2,1-2H3,(H,21,24)(H,23,25)/b22-11+. The van der Waals surface area contributed by atoms with Gasteiger partial charge in [0, 0.05) is 16.4 Å². The first-order valence-corrected chi connectivity index (χ1v) is 7.89. The number of amides is 2. The number of hydrazone groups is 1. The van der Waals surface area contributed by atoms with E-state index in [2.05, 4.69) is 15.8 Å². The summed E-state index contributed by atoms with van der Waals surface area (Å²) in [4.78, 5) is 23.9. The van der Waals surface area contributed by atoms with E-state index in [0.717, 1.165) is 5.56 Å². The molecule has 0 fully saturated rings. The molecule has 7 heteroatoms. The summed E-state index contributed by atoms with van der Waals surface area (Å²) in [6.07, 6.45) is -0.0243. The van der Waals surface area contributed by atoms with Gasteiger partial charge in [-0.3, -0.25) is 9.59 Å². The number of carbonyl (C=O) groups excluding carboxylic acids is 2. The normalized spacial score (nSPS) is 11.1. The first-order valence-electron chi connectivity index (χ1n) is 7.51.